The van der Waals surface area contributed by atoms with Gasteiger partial charge in [-0.2, -0.15) is 0 Å². The molecule has 0 aromatic heterocycles. The van der Waals surface area contributed by atoms with Crippen molar-refractivity contribution < 1.29 is 23.8 Å². The molecule has 0 saturated heterocycles. The lowest BCUT2D eigenvalue weighted by Crippen LogP contribution is -2.29. The number of halogens is 1. The van der Waals surface area contributed by atoms with Crippen LogP contribution in [0.4, 0.5) is 26.2 Å². The quantitative estimate of drug-likeness (QED) is 0.204. The fourth-order valence-corrected chi connectivity index (χ4v) is 3.70. The number of hydrogen-bond donors (Lipinski definition) is 4. The third-order valence-corrected chi connectivity index (χ3v) is 5.67. The van der Waals surface area contributed by atoms with Crippen LogP contribution in [0.25, 0.3) is 0 Å². The van der Waals surface area contributed by atoms with Gasteiger partial charge in [0, 0.05) is 11.1 Å². The number of rotatable bonds is 9. The number of nitrogens with one attached hydrogen (secondary N) is 2. The van der Waals surface area contributed by atoms with Crippen LogP contribution in [0.5, 0.6) is 5.75 Å². The van der Waals surface area contributed by atoms with Crippen molar-refractivity contribution in [2.24, 2.45) is 5.41 Å². The first kappa shape index (κ1) is 26.3. The molecule has 0 saturated carbocycles. The van der Waals surface area contributed by atoms with E-state index in [2.05, 4.69) is 10.6 Å². The first-order valence-electron chi connectivity index (χ1n) is 11.5. The minimum atomic E-state index is -0.831. The number of aromatic hydroxyl groups is 1. The maximum Gasteiger partial charge on any atom is 0.412 e. The summed E-state index contributed by atoms with van der Waals surface area (Å²) in [7, 11) is 0. The molecule has 1 atom stereocenters. The zero-order valence-electron chi connectivity index (χ0n) is 20.2. The van der Waals surface area contributed by atoms with E-state index in [1.165, 1.54) is 18.2 Å². The number of para-hydroxylation sites is 3. The number of amides is 2. The summed E-state index contributed by atoms with van der Waals surface area (Å²) < 4.78 is 19.9. The van der Waals surface area contributed by atoms with Crippen LogP contribution in [0.2, 0.25) is 0 Å². The standard InChI is InChI=1S/C28H30FN3O4/c1-28(2,17-9-8-14-25(34)32-23-13-7-6-12-22(23)30)26(19-15-16-24(33)21(29)18-19)36-27(35)31-20-10-4-3-5-11-20/h3-8,10-16,18,26,33H,9,17,30H2,1-2H3,(H,31,35)(H,32,34)/b14-8+/t26-/m0/s1. The SMILES string of the molecule is CC(C)(CC/C=C/C(=O)Nc1ccccc1N)[C@@H](OC(=O)Nc1ccccc1)c1ccc(O)c(F)c1. The molecule has 5 N–H and O–H groups in total. The van der Waals surface area contributed by atoms with Gasteiger partial charge in [-0.3, -0.25) is 10.1 Å². The summed E-state index contributed by atoms with van der Waals surface area (Å²) in [5.41, 5.74) is 7.16. The summed E-state index contributed by atoms with van der Waals surface area (Å²) in [5, 5.41) is 15.0. The third kappa shape index (κ3) is 7.33. The van der Waals surface area contributed by atoms with Crippen LogP contribution in [-0.2, 0) is 9.53 Å². The van der Waals surface area contributed by atoms with Crippen LogP contribution in [0.1, 0.15) is 38.4 Å². The topological polar surface area (TPSA) is 114 Å². The molecule has 0 bridgehead atoms. The number of phenols is 1. The Kier molecular flexibility index (Phi) is 8.67. The monoisotopic (exact) mass is 491 g/mol. The molecule has 3 rings (SSSR count). The van der Waals surface area contributed by atoms with Gasteiger partial charge in [0.1, 0.15) is 6.10 Å². The Morgan fingerprint density at radius 1 is 1.06 bits per heavy atom. The van der Waals surface area contributed by atoms with Gasteiger partial charge in [0.15, 0.2) is 11.6 Å². The molecule has 0 fully saturated rings. The van der Waals surface area contributed by atoms with E-state index in [1.54, 1.807) is 54.6 Å². The maximum absolute atomic E-state index is 14.1. The highest BCUT2D eigenvalue weighted by molar-refractivity contribution is 6.01. The van der Waals surface area contributed by atoms with E-state index in [-0.39, 0.29) is 5.91 Å². The molecule has 0 radical (unpaired) electrons. The first-order valence-corrected chi connectivity index (χ1v) is 11.5. The first-order chi connectivity index (χ1) is 17.2. The van der Waals surface area contributed by atoms with E-state index in [1.807, 2.05) is 19.9 Å². The van der Waals surface area contributed by atoms with Crippen LogP contribution in [0.3, 0.4) is 0 Å². The second-order valence-electron chi connectivity index (χ2n) is 8.99. The van der Waals surface area contributed by atoms with E-state index in [9.17, 15) is 19.1 Å². The maximum atomic E-state index is 14.1. The zero-order valence-corrected chi connectivity index (χ0v) is 20.2. The number of benzene rings is 3. The Labute approximate surface area is 209 Å². The van der Waals surface area contributed by atoms with E-state index < -0.39 is 29.2 Å². The number of anilines is 3. The summed E-state index contributed by atoms with van der Waals surface area (Å²) in [6, 6.07) is 19.7. The average Bonchev–Trinajstić information content (AvgIpc) is 2.84. The van der Waals surface area contributed by atoms with Crippen LogP contribution in [0.15, 0.2) is 84.9 Å². The second kappa shape index (κ2) is 11.9. The third-order valence-electron chi connectivity index (χ3n) is 5.67. The molecule has 2 amide bonds. The number of nitrogens with two attached hydrogens (primary N) is 1. The molecule has 0 aliphatic rings. The lowest BCUT2D eigenvalue weighted by molar-refractivity contribution is -0.111. The average molecular weight is 492 g/mol. The molecular weight excluding hydrogens is 461 g/mol. The van der Waals surface area contributed by atoms with Crippen LogP contribution >= 0.6 is 0 Å². The normalized spacial score (nSPS) is 12.2. The molecule has 3 aromatic rings. The fraction of sp³-hybridized carbons (Fsp3) is 0.214. The summed E-state index contributed by atoms with van der Waals surface area (Å²) in [4.78, 5) is 24.9. The Balaban J connectivity index is 1.69. The zero-order chi connectivity index (χ0) is 26.1. The van der Waals surface area contributed by atoms with Crippen molar-refractivity contribution in [1.29, 1.82) is 0 Å². The largest absolute Gasteiger partial charge is 0.505 e. The number of nitrogen functional groups attached to an aromatic ring is 1. The van der Waals surface area contributed by atoms with Crippen molar-refractivity contribution in [3.05, 3.63) is 96.3 Å². The van der Waals surface area contributed by atoms with Crippen LogP contribution < -0.4 is 16.4 Å². The van der Waals surface area contributed by atoms with E-state index in [0.717, 1.165) is 6.07 Å². The van der Waals surface area contributed by atoms with Gasteiger partial charge < -0.3 is 20.9 Å². The molecule has 0 unspecified atom stereocenters. The Bertz CT molecular complexity index is 1230. The Hall–Kier alpha value is -4.33. The Morgan fingerprint density at radius 3 is 2.44 bits per heavy atom. The van der Waals surface area contributed by atoms with E-state index in [0.29, 0.717) is 35.5 Å². The minimum Gasteiger partial charge on any atom is -0.505 e. The van der Waals surface area contributed by atoms with Gasteiger partial charge in [0.25, 0.3) is 0 Å². The van der Waals surface area contributed by atoms with Crippen molar-refractivity contribution in [2.45, 2.75) is 32.8 Å². The summed E-state index contributed by atoms with van der Waals surface area (Å²) in [5.74, 6) is -1.62. The van der Waals surface area contributed by atoms with Crippen LogP contribution in [0, 0.1) is 11.2 Å². The lowest BCUT2D eigenvalue weighted by atomic mass is 9.78. The molecule has 36 heavy (non-hydrogen) atoms. The molecule has 0 aliphatic heterocycles. The summed E-state index contributed by atoms with van der Waals surface area (Å²) >= 11 is 0. The molecule has 188 valence electrons. The van der Waals surface area contributed by atoms with Gasteiger partial charge in [-0.25, -0.2) is 9.18 Å². The fourth-order valence-electron chi connectivity index (χ4n) is 3.70. The molecular formula is C28H30FN3O4. The lowest BCUT2D eigenvalue weighted by Gasteiger charge is -2.34. The minimum absolute atomic E-state index is 0.318. The molecule has 7 nitrogen and oxygen atoms in total. The van der Waals surface area contributed by atoms with Gasteiger partial charge >= 0.3 is 6.09 Å². The molecule has 3 aromatic carbocycles. The number of allylic oxidation sites excluding steroid dienone is 1. The van der Waals surface area contributed by atoms with Gasteiger partial charge in [0.05, 0.1) is 11.4 Å². The van der Waals surface area contributed by atoms with Crippen molar-refractivity contribution in [3.63, 3.8) is 0 Å². The van der Waals surface area contributed by atoms with Gasteiger partial charge in [0.2, 0.25) is 5.91 Å². The second-order valence-corrected chi connectivity index (χ2v) is 8.99. The number of carbonyl (C=O) groups excluding carboxylic acids is 2. The van der Waals surface area contributed by atoms with Crippen LogP contribution in [-0.4, -0.2) is 17.1 Å². The van der Waals surface area contributed by atoms with Gasteiger partial charge in [-0.15, -0.1) is 0 Å². The van der Waals surface area contributed by atoms with Crippen molar-refractivity contribution in [3.8, 4) is 5.75 Å². The van der Waals surface area contributed by atoms with Gasteiger partial charge in [-0.1, -0.05) is 56.3 Å². The van der Waals surface area contributed by atoms with Crippen molar-refractivity contribution in [1.82, 2.24) is 0 Å². The summed E-state index contributed by atoms with van der Waals surface area (Å²) in [6.45, 7) is 3.77. The highest BCUT2D eigenvalue weighted by atomic mass is 19.1. The van der Waals surface area contributed by atoms with Crippen molar-refractivity contribution in [2.75, 3.05) is 16.4 Å². The number of carbonyl (C=O) groups is 2. The predicted molar refractivity (Wildman–Crippen MR) is 139 cm³/mol. The predicted octanol–water partition coefficient (Wildman–Crippen LogP) is 6.40. The Morgan fingerprint density at radius 2 is 1.75 bits per heavy atom. The molecule has 8 heteroatoms. The number of phenolic OH excluding ortho intramolecular Hbond substituents is 1. The molecule has 0 spiro atoms. The number of hydrogen-bond acceptors (Lipinski definition) is 5. The van der Waals surface area contributed by atoms with Crippen molar-refractivity contribution >= 4 is 29.1 Å². The summed E-state index contributed by atoms with van der Waals surface area (Å²) in [6.07, 6.45) is 2.61. The van der Waals surface area contributed by atoms with Gasteiger partial charge in [-0.05, 0) is 60.9 Å². The molecule has 0 heterocycles. The van der Waals surface area contributed by atoms with E-state index >= 15 is 0 Å². The number of ether oxygens (including phenoxy) is 1. The highest BCUT2D eigenvalue weighted by Crippen LogP contribution is 2.41. The van der Waals surface area contributed by atoms with E-state index in [4.69, 9.17) is 10.5 Å². The highest BCUT2D eigenvalue weighted by Gasteiger charge is 2.34. The smallest absolute Gasteiger partial charge is 0.412 e. The molecule has 0 aliphatic carbocycles.